The Hall–Kier alpha value is -2.76. The second-order valence-electron chi connectivity index (χ2n) is 11.1. The van der Waals surface area contributed by atoms with Crippen molar-refractivity contribution in [3.63, 3.8) is 0 Å². The Labute approximate surface area is 219 Å². The fourth-order valence-electron chi connectivity index (χ4n) is 5.26. The van der Waals surface area contributed by atoms with Gasteiger partial charge in [0.05, 0.1) is 54.3 Å². The molecule has 3 aromatic rings. The fraction of sp³-hybridized carbons (Fsp3) is 0.577. The van der Waals surface area contributed by atoms with Gasteiger partial charge in [-0.15, -0.1) is 0 Å². The topological polar surface area (TPSA) is 114 Å². The van der Waals surface area contributed by atoms with E-state index in [2.05, 4.69) is 26.6 Å². The molecule has 2 aliphatic heterocycles. The summed E-state index contributed by atoms with van der Waals surface area (Å²) in [6.45, 7) is 10.7. The molecule has 0 aliphatic carbocycles. The molecule has 0 radical (unpaired) electrons. The van der Waals surface area contributed by atoms with Gasteiger partial charge in [-0.1, -0.05) is 12.1 Å². The third kappa shape index (κ3) is 5.04. The lowest BCUT2D eigenvalue weighted by Crippen LogP contribution is -2.55. The largest absolute Gasteiger partial charge is 0.497 e. The summed E-state index contributed by atoms with van der Waals surface area (Å²) in [5.41, 5.74) is 1.56. The molecule has 0 bridgehead atoms. The molecule has 2 aliphatic rings. The average Bonchev–Trinajstić information content (AvgIpc) is 3.35. The van der Waals surface area contributed by atoms with Crippen LogP contribution in [0.1, 0.15) is 46.1 Å². The van der Waals surface area contributed by atoms with Gasteiger partial charge in [0.2, 0.25) is 0 Å². The van der Waals surface area contributed by atoms with Gasteiger partial charge in [-0.05, 0) is 58.2 Å². The van der Waals surface area contributed by atoms with Gasteiger partial charge in [-0.25, -0.2) is 18.9 Å². The van der Waals surface area contributed by atoms with E-state index in [1.807, 2.05) is 45.0 Å². The Bertz CT molecular complexity index is 1340. The summed E-state index contributed by atoms with van der Waals surface area (Å²) in [7, 11) is 0.470. The van der Waals surface area contributed by atoms with Gasteiger partial charge in [0.1, 0.15) is 11.6 Å². The van der Waals surface area contributed by atoms with E-state index in [0.29, 0.717) is 24.3 Å². The van der Waals surface area contributed by atoms with Crippen LogP contribution in [0.15, 0.2) is 35.3 Å². The average molecular weight is 529 g/mol. The summed E-state index contributed by atoms with van der Waals surface area (Å²) in [5, 5.41) is 2.87. The van der Waals surface area contributed by atoms with Gasteiger partial charge < -0.3 is 14.4 Å². The van der Waals surface area contributed by atoms with Gasteiger partial charge >= 0.3 is 0 Å². The van der Waals surface area contributed by atoms with Crippen molar-refractivity contribution >= 4 is 28.0 Å². The van der Waals surface area contributed by atoms with Crippen LogP contribution in [0.5, 0.6) is 5.75 Å². The first-order chi connectivity index (χ1) is 17.6. The summed E-state index contributed by atoms with van der Waals surface area (Å²) >= 11 is 0. The number of hydrogen-bond donors (Lipinski definition) is 2. The molecule has 2 saturated heterocycles. The fourth-order valence-corrected chi connectivity index (χ4v) is 6.28. The highest BCUT2D eigenvalue weighted by Gasteiger charge is 2.50. The maximum absolute atomic E-state index is 12.9. The first-order valence-corrected chi connectivity index (χ1v) is 13.9. The number of fused-ring (bicyclic) bond motifs is 1. The summed E-state index contributed by atoms with van der Waals surface area (Å²) in [6.07, 6.45) is 3.47. The zero-order chi connectivity index (χ0) is 26.4. The van der Waals surface area contributed by atoms with E-state index < -0.39 is 11.0 Å². The van der Waals surface area contributed by atoms with Gasteiger partial charge in [0, 0.05) is 18.5 Å². The van der Waals surface area contributed by atoms with Gasteiger partial charge in [-0.3, -0.25) is 14.6 Å². The second-order valence-corrected chi connectivity index (χ2v) is 13.1. The van der Waals surface area contributed by atoms with Crippen molar-refractivity contribution in [2.24, 2.45) is 5.41 Å². The molecule has 200 valence electrons. The second kappa shape index (κ2) is 9.85. The maximum Gasteiger partial charge on any atom is 0.292 e. The van der Waals surface area contributed by atoms with E-state index in [4.69, 9.17) is 14.5 Å². The number of aromatic nitrogens is 4. The molecule has 0 amide bonds. The standard InChI is InChI=1S/C26H36N6O4S/c1-17-22(30-37(34)25(2,3)4)26(16-36-17)10-12-31(13-11-26)20-14-27-21-23(28-20)32(29-24(21)33)15-18-6-8-19(35-5)9-7-18/h6-9,14,17,22,30H,10-13,15-16H2,1-5H3,(H,29,33)/t17-,22+,37?/m0/s1. The minimum Gasteiger partial charge on any atom is -0.497 e. The number of methoxy groups -OCH3 is 1. The van der Waals surface area contributed by atoms with Gasteiger partial charge in [-0.2, -0.15) is 0 Å². The van der Waals surface area contributed by atoms with E-state index in [9.17, 15) is 9.00 Å². The minimum absolute atomic E-state index is 0.00114. The molecule has 5 rings (SSSR count). The van der Waals surface area contributed by atoms with E-state index >= 15 is 0 Å². The van der Waals surface area contributed by atoms with Crippen molar-refractivity contribution in [3.05, 3.63) is 46.4 Å². The first-order valence-electron chi connectivity index (χ1n) is 12.7. The van der Waals surface area contributed by atoms with Crippen LogP contribution in [-0.4, -0.2) is 67.7 Å². The highest BCUT2D eigenvalue weighted by Crippen LogP contribution is 2.43. The predicted octanol–water partition coefficient (Wildman–Crippen LogP) is 2.60. The van der Waals surface area contributed by atoms with Crippen molar-refractivity contribution < 1.29 is 13.7 Å². The quantitative estimate of drug-likeness (QED) is 0.505. The van der Waals surface area contributed by atoms with Crippen molar-refractivity contribution in [3.8, 4) is 5.75 Å². The van der Waals surface area contributed by atoms with E-state index in [1.54, 1.807) is 18.0 Å². The molecule has 2 fully saturated rings. The van der Waals surface area contributed by atoms with Crippen molar-refractivity contribution in [2.75, 3.05) is 31.7 Å². The zero-order valence-electron chi connectivity index (χ0n) is 22.1. The molecule has 3 atom stereocenters. The van der Waals surface area contributed by atoms with Gasteiger partial charge in [0.15, 0.2) is 11.2 Å². The molecular weight excluding hydrogens is 492 g/mol. The van der Waals surface area contributed by atoms with E-state index in [0.717, 1.165) is 43.1 Å². The molecule has 37 heavy (non-hydrogen) atoms. The number of nitrogens with zero attached hydrogens (tertiary/aromatic N) is 4. The van der Waals surface area contributed by atoms with Crippen molar-refractivity contribution in [2.45, 2.75) is 64.0 Å². The zero-order valence-corrected chi connectivity index (χ0v) is 22.9. The third-order valence-electron chi connectivity index (χ3n) is 7.58. The van der Waals surface area contributed by atoms with Crippen molar-refractivity contribution in [1.29, 1.82) is 0 Å². The third-order valence-corrected chi connectivity index (χ3v) is 9.16. The lowest BCUT2D eigenvalue weighted by Gasteiger charge is -2.43. The predicted molar refractivity (Wildman–Crippen MR) is 144 cm³/mol. The Balaban J connectivity index is 1.34. The SMILES string of the molecule is COc1ccc(Cn2[nH]c(=O)c3ncc(N4CCC5(CC4)CO[C@@H](C)[C@H]5NS(=O)C(C)(C)C)nc32)cc1. The monoisotopic (exact) mass is 528 g/mol. The number of hydrogen-bond acceptors (Lipinski definition) is 7. The summed E-state index contributed by atoms with van der Waals surface area (Å²) < 4.78 is 29.0. The van der Waals surface area contributed by atoms with Crippen LogP contribution in [0.2, 0.25) is 0 Å². The number of piperidine rings is 1. The van der Waals surface area contributed by atoms with Crippen LogP contribution < -0.4 is 19.9 Å². The molecule has 1 unspecified atom stereocenters. The first kappa shape index (κ1) is 25.9. The Morgan fingerprint density at radius 2 is 1.95 bits per heavy atom. The van der Waals surface area contributed by atoms with Crippen LogP contribution in [0.4, 0.5) is 5.82 Å². The summed E-state index contributed by atoms with van der Waals surface area (Å²) in [6, 6.07) is 7.75. The van der Waals surface area contributed by atoms with Crippen LogP contribution in [0.3, 0.4) is 0 Å². The van der Waals surface area contributed by atoms with E-state index in [-0.39, 0.29) is 27.9 Å². The summed E-state index contributed by atoms with van der Waals surface area (Å²) in [5.74, 6) is 1.53. The normalized spacial score (nSPS) is 22.6. The molecule has 0 saturated carbocycles. The number of benzene rings is 1. The van der Waals surface area contributed by atoms with Crippen molar-refractivity contribution in [1.82, 2.24) is 24.5 Å². The van der Waals surface area contributed by atoms with Crippen LogP contribution >= 0.6 is 0 Å². The molecule has 1 aromatic carbocycles. The molecular formula is C26H36N6O4S. The van der Waals surface area contributed by atoms with Crippen LogP contribution in [0.25, 0.3) is 11.2 Å². The Morgan fingerprint density at radius 3 is 2.59 bits per heavy atom. The highest BCUT2D eigenvalue weighted by atomic mass is 32.2. The molecule has 10 nitrogen and oxygen atoms in total. The lowest BCUT2D eigenvalue weighted by atomic mass is 9.73. The Kier molecular flexibility index (Phi) is 6.88. The van der Waals surface area contributed by atoms with Crippen LogP contribution in [0, 0.1) is 5.41 Å². The number of nitrogens with one attached hydrogen (secondary N) is 2. The number of H-pyrrole nitrogens is 1. The smallest absolute Gasteiger partial charge is 0.292 e. The van der Waals surface area contributed by atoms with E-state index in [1.165, 1.54) is 0 Å². The van der Waals surface area contributed by atoms with Gasteiger partial charge in [0.25, 0.3) is 5.56 Å². The summed E-state index contributed by atoms with van der Waals surface area (Å²) in [4.78, 5) is 24.0. The number of aromatic amines is 1. The molecule has 1 spiro atoms. The highest BCUT2D eigenvalue weighted by molar-refractivity contribution is 7.84. The maximum atomic E-state index is 12.9. The number of anilines is 1. The Morgan fingerprint density at radius 1 is 1.24 bits per heavy atom. The molecule has 4 heterocycles. The number of rotatable bonds is 6. The number of ether oxygens (including phenoxy) is 2. The molecule has 11 heteroatoms. The molecule has 2 aromatic heterocycles. The lowest BCUT2D eigenvalue weighted by molar-refractivity contribution is 0.0973. The minimum atomic E-state index is -1.16. The molecule has 2 N–H and O–H groups in total. The van der Waals surface area contributed by atoms with Crippen LogP contribution in [-0.2, 0) is 22.3 Å².